The van der Waals surface area contributed by atoms with E-state index in [9.17, 15) is 9.59 Å². The molecule has 0 saturated heterocycles. The minimum Gasteiger partial charge on any atom is -0.484 e. The molecule has 0 unspecified atom stereocenters. The van der Waals surface area contributed by atoms with Crippen LogP contribution in [0.15, 0.2) is 42.5 Å². The Balaban J connectivity index is 2.20. The second-order valence-electron chi connectivity index (χ2n) is 6.05. The van der Waals surface area contributed by atoms with Crippen molar-refractivity contribution < 1.29 is 14.3 Å². The number of rotatable bonds is 8. The Hall–Kier alpha value is -1.95. The summed E-state index contributed by atoms with van der Waals surface area (Å²) in [6, 6.07) is 11.2. The van der Waals surface area contributed by atoms with E-state index in [2.05, 4.69) is 5.32 Å². The molecule has 2 aromatic rings. The Kier molecular flexibility index (Phi) is 8.42. The van der Waals surface area contributed by atoms with Gasteiger partial charge in [0, 0.05) is 18.6 Å². The van der Waals surface area contributed by atoms with Gasteiger partial charge in [-0.15, -0.1) is 0 Å². The van der Waals surface area contributed by atoms with E-state index in [1.54, 1.807) is 42.5 Å². The highest BCUT2D eigenvalue weighted by molar-refractivity contribution is 6.42. The van der Waals surface area contributed by atoms with Gasteiger partial charge in [0.15, 0.2) is 6.61 Å². The largest absolute Gasteiger partial charge is 0.484 e. The minimum atomic E-state index is -0.638. The van der Waals surface area contributed by atoms with E-state index >= 15 is 0 Å². The van der Waals surface area contributed by atoms with Crippen LogP contribution >= 0.6 is 34.8 Å². The average Bonchev–Trinajstić information content (AvgIpc) is 2.69. The second kappa shape index (κ2) is 10.6. The normalized spacial score (nSPS) is 11.6. The summed E-state index contributed by atoms with van der Waals surface area (Å²) in [5.74, 6) is -0.0564. The van der Waals surface area contributed by atoms with Crippen molar-refractivity contribution in [3.05, 3.63) is 63.1 Å². The Bertz CT molecular complexity index is 828. The highest BCUT2D eigenvalue weighted by atomic mass is 35.5. The van der Waals surface area contributed by atoms with E-state index in [0.717, 1.165) is 5.56 Å². The molecule has 0 heterocycles. The third-order valence-corrected chi connectivity index (χ3v) is 5.14. The summed E-state index contributed by atoms with van der Waals surface area (Å²) in [6.07, 6.45) is 0.452. The molecular formula is C20H21Cl3N2O3. The fourth-order valence-corrected chi connectivity index (χ4v) is 3.13. The average molecular weight is 444 g/mol. The fraction of sp³-hybridized carbons (Fsp3) is 0.300. The maximum absolute atomic E-state index is 12.9. The lowest BCUT2D eigenvalue weighted by Crippen LogP contribution is -2.49. The molecule has 5 nitrogen and oxygen atoms in total. The molecule has 1 N–H and O–H groups in total. The van der Waals surface area contributed by atoms with Gasteiger partial charge in [0.05, 0.1) is 10.0 Å². The molecule has 0 saturated carbocycles. The number of nitrogens with zero attached hydrogens (tertiary/aromatic N) is 1. The van der Waals surface area contributed by atoms with E-state index in [4.69, 9.17) is 39.5 Å². The molecule has 28 heavy (non-hydrogen) atoms. The van der Waals surface area contributed by atoms with Gasteiger partial charge in [0.25, 0.3) is 5.91 Å². The van der Waals surface area contributed by atoms with Crippen LogP contribution in [0.3, 0.4) is 0 Å². The molecule has 8 heteroatoms. The van der Waals surface area contributed by atoms with Crippen molar-refractivity contribution in [3.63, 3.8) is 0 Å². The first-order chi connectivity index (χ1) is 13.3. The van der Waals surface area contributed by atoms with Gasteiger partial charge in [-0.2, -0.15) is 0 Å². The van der Waals surface area contributed by atoms with Crippen LogP contribution in [0.2, 0.25) is 15.1 Å². The number of likely N-dealkylation sites (N-methyl/N-ethyl adjacent to an activating group) is 1. The number of hydrogen-bond acceptors (Lipinski definition) is 3. The van der Waals surface area contributed by atoms with Crippen LogP contribution in [0, 0.1) is 0 Å². The monoisotopic (exact) mass is 442 g/mol. The van der Waals surface area contributed by atoms with Gasteiger partial charge in [-0.05, 0) is 48.4 Å². The summed E-state index contributed by atoms with van der Waals surface area (Å²) in [5.41, 5.74) is 0.761. The van der Waals surface area contributed by atoms with Crippen LogP contribution in [0.25, 0.3) is 0 Å². The Labute approximate surface area is 179 Å². The standard InChI is InChI=1S/C20H21Cl3N2O3/c1-3-18(20(27)24-2)25(11-13-4-9-16(22)17(23)10-13)19(26)12-28-15-7-5-14(21)6-8-15/h4-10,18H,3,11-12H2,1-2H3,(H,24,27)/t18-/m0/s1. The minimum absolute atomic E-state index is 0.200. The number of carbonyl (C=O) groups is 2. The number of halogens is 3. The van der Waals surface area contributed by atoms with Crippen LogP contribution in [-0.4, -0.2) is 36.4 Å². The molecular weight excluding hydrogens is 423 g/mol. The maximum atomic E-state index is 12.9. The van der Waals surface area contributed by atoms with E-state index < -0.39 is 6.04 Å². The fourth-order valence-electron chi connectivity index (χ4n) is 2.68. The van der Waals surface area contributed by atoms with Gasteiger partial charge in [-0.1, -0.05) is 47.8 Å². The van der Waals surface area contributed by atoms with Crippen molar-refractivity contribution in [2.45, 2.75) is 25.9 Å². The predicted molar refractivity (Wildman–Crippen MR) is 112 cm³/mol. The summed E-state index contributed by atoms with van der Waals surface area (Å²) in [6.45, 7) is 1.83. The molecule has 0 bridgehead atoms. The lowest BCUT2D eigenvalue weighted by molar-refractivity contribution is -0.142. The first kappa shape index (κ1) is 22.3. The maximum Gasteiger partial charge on any atom is 0.261 e. The summed E-state index contributed by atoms with van der Waals surface area (Å²) >= 11 is 17.9. The van der Waals surface area contributed by atoms with Crippen LogP contribution in [-0.2, 0) is 16.1 Å². The molecule has 2 amide bonds. The van der Waals surface area contributed by atoms with Crippen LogP contribution in [0.5, 0.6) is 5.75 Å². The molecule has 2 aromatic carbocycles. The quantitative estimate of drug-likeness (QED) is 0.650. The Morgan fingerprint density at radius 2 is 1.75 bits per heavy atom. The van der Waals surface area contributed by atoms with Crippen molar-refractivity contribution in [2.75, 3.05) is 13.7 Å². The Morgan fingerprint density at radius 1 is 1.07 bits per heavy atom. The number of hydrogen-bond donors (Lipinski definition) is 1. The number of ether oxygens (including phenoxy) is 1. The SMILES string of the molecule is CC[C@@H](C(=O)NC)N(Cc1ccc(Cl)c(Cl)c1)C(=O)COc1ccc(Cl)cc1. The molecule has 0 aliphatic rings. The zero-order chi connectivity index (χ0) is 20.7. The molecule has 0 aliphatic carbocycles. The molecule has 0 fully saturated rings. The molecule has 0 aliphatic heterocycles. The van der Waals surface area contributed by atoms with Crippen molar-refractivity contribution in [3.8, 4) is 5.75 Å². The summed E-state index contributed by atoms with van der Waals surface area (Å²) in [4.78, 5) is 26.7. The van der Waals surface area contributed by atoms with E-state index in [1.807, 2.05) is 6.92 Å². The van der Waals surface area contributed by atoms with Crippen molar-refractivity contribution in [1.29, 1.82) is 0 Å². The molecule has 0 aromatic heterocycles. The van der Waals surface area contributed by atoms with Gasteiger partial charge < -0.3 is 15.0 Å². The van der Waals surface area contributed by atoms with Gasteiger partial charge >= 0.3 is 0 Å². The van der Waals surface area contributed by atoms with E-state index in [1.165, 1.54) is 11.9 Å². The predicted octanol–water partition coefficient (Wildman–Crippen LogP) is 4.58. The summed E-state index contributed by atoms with van der Waals surface area (Å²) < 4.78 is 5.56. The van der Waals surface area contributed by atoms with Crippen molar-refractivity contribution >= 4 is 46.6 Å². The number of benzene rings is 2. The third kappa shape index (κ3) is 6.03. The molecule has 1 atom stereocenters. The van der Waals surface area contributed by atoms with Crippen LogP contribution in [0.1, 0.15) is 18.9 Å². The van der Waals surface area contributed by atoms with Crippen LogP contribution in [0.4, 0.5) is 0 Å². The molecule has 2 rings (SSSR count). The molecule has 150 valence electrons. The van der Waals surface area contributed by atoms with Crippen molar-refractivity contribution in [1.82, 2.24) is 10.2 Å². The van der Waals surface area contributed by atoms with E-state index in [0.29, 0.717) is 27.2 Å². The second-order valence-corrected chi connectivity index (χ2v) is 7.30. The topological polar surface area (TPSA) is 58.6 Å². The summed E-state index contributed by atoms with van der Waals surface area (Å²) in [7, 11) is 1.54. The highest BCUT2D eigenvalue weighted by Gasteiger charge is 2.28. The number of nitrogens with one attached hydrogen (secondary N) is 1. The van der Waals surface area contributed by atoms with E-state index in [-0.39, 0.29) is 25.0 Å². The molecule has 0 spiro atoms. The van der Waals surface area contributed by atoms with Gasteiger partial charge in [0.1, 0.15) is 11.8 Å². The summed E-state index contributed by atoms with van der Waals surface area (Å²) in [5, 5.41) is 3.99. The zero-order valence-electron chi connectivity index (χ0n) is 15.5. The van der Waals surface area contributed by atoms with Gasteiger partial charge in [0.2, 0.25) is 5.91 Å². The first-order valence-corrected chi connectivity index (χ1v) is 9.82. The van der Waals surface area contributed by atoms with Gasteiger partial charge in [-0.25, -0.2) is 0 Å². The lowest BCUT2D eigenvalue weighted by atomic mass is 10.1. The molecule has 0 radical (unpaired) electrons. The number of amides is 2. The Morgan fingerprint density at radius 3 is 2.32 bits per heavy atom. The lowest BCUT2D eigenvalue weighted by Gasteiger charge is -2.30. The zero-order valence-corrected chi connectivity index (χ0v) is 17.8. The van der Waals surface area contributed by atoms with Crippen molar-refractivity contribution in [2.24, 2.45) is 0 Å². The highest BCUT2D eigenvalue weighted by Crippen LogP contribution is 2.24. The van der Waals surface area contributed by atoms with Crippen LogP contribution < -0.4 is 10.1 Å². The smallest absolute Gasteiger partial charge is 0.261 e. The van der Waals surface area contributed by atoms with Gasteiger partial charge in [-0.3, -0.25) is 9.59 Å². The number of carbonyl (C=O) groups excluding carboxylic acids is 2. The third-order valence-electron chi connectivity index (χ3n) is 4.15. The first-order valence-electron chi connectivity index (χ1n) is 8.69.